The molecule has 0 N–H and O–H groups in total. The molecule has 1 aromatic rings. The van der Waals surface area contributed by atoms with Crippen molar-refractivity contribution in [2.75, 3.05) is 0 Å². The van der Waals surface area contributed by atoms with Gasteiger partial charge < -0.3 is 12.1 Å². The first kappa shape index (κ1) is 17.5. The molecule has 75 valence electrons. The Balaban J connectivity index is 0. The normalized spacial score (nSPS) is 7.87. The number of rotatable bonds is 2. The largest absolute Gasteiger partial charge is 0.356 e. The van der Waals surface area contributed by atoms with Gasteiger partial charge in [0.15, 0.2) is 6.29 Å². The summed E-state index contributed by atoms with van der Waals surface area (Å²) in [4.78, 5) is 20.8. The Bertz CT molecular complexity index is 396. The molecule has 0 aromatic heterocycles. The monoisotopic (exact) mass is 445 g/mol. The molecule has 0 saturated carbocycles. The molecular weight excluding hydrogens is 437 g/mol. The van der Waals surface area contributed by atoms with Crippen LogP contribution in [-0.2, 0) is 63.4 Å². The number of carbonyl (C=O) groups excluding carboxylic acids is 2. The Morgan fingerprint density at radius 3 is 2.53 bits per heavy atom. The summed E-state index contributed by atoms with van der Waals surface area (Å²) in [7, 11) is 0. The van der Waals surface area contributed by atoms with Gasteiger partial charge in [0.1, 0.15) is 5.94 Å². The molecular formula is C11H8O2WY-2. The SMILES string of the molecule is Cc1[c-]cc(C)c(C(=C=O)C=O)[c-]1.[W].[Y]. The van der Waals surface area contributed by atoms with Gasteiger partial charge in [0.05, 0.1) is 5.57 Å². The van der Waals surface area contributed by atoms with E-state index in [1.165, 1.54) is 0 Å². The molecule has 2 nitrogen and oxygen atoms in total. The summed E-state index contributed by atoms with van der Waals surface area (Å²) in [5.41, 5.74) is 2.10. The summed E-state index contributed by atoms with van der Waals surface area (Å²) >= 11 is 0. The number of aryl methyl sites for hydroxylation is 2. The van der Waals surface area contributed by atoms with Crippen LogP contribution in [-0.4, -0.2) is 12.2 Å². The van der Waals surface area contributed by atoms with E-state index in [0.29, 0.717) is 11.8 Å². The minimum Gasteiger partial charge on any atom is -0.356 e. The van der Waals surface area contributed by atoms with Crippen molar-refractivity contribution >= 4 is 17.8 Å². The van der Waals surface area contributed by atoms with Crippen LogP contribution in [0, 0.1) is 26.0 Å². The summed E-state index contributed by atoms with van der Waals surface area (Å²) in [5.74, 6) is 1.59. The van der Waals surface area contributed by atoms with E-state index < -0.39 is 0 Å². The summed E-state index contributed by atoms with van der Waals surface area (Å²) in [6.45, 7) is 3.60. The van der Waals surface area contributed by atoms with Crippen molar-refractivity contribution in [3.05, 3.63) is 34.9 Å². The Morgan fingerprint density at radius 2 is 2.07 bits per heavy atom. The van der Waals surface area contributed by atoms with Gasteiger partial charge in [-0.2, -0.15) is 0 Å². The second-order valence-electron chi connectivity index (χ2n) is 2.73. The van der Waals surface area contributed by atoms with Crippen LogP contribution in [0.15, 0.2) is 6.07 Å². The smallest absolute Gasteiger partial charge is 0.157 e. The van der Waals surface area contributed by atoms with Crippen LogP contribution in [0.4, 0.5) is 0 Å². The molecule has 0 unspecified atom stereocenters. The molecule has 0 bridgehead atoms. The Labute approximate surface area is 129 Å². The fraction of sp³-hybridized carbons (Fsp3) is 0.182. The zero-order valence-corrected chi connectivity index (χ0v) is 14.2. The van der Waals surface area contributed by atoms with Gasteiger partial charge in [-0.3, -0.25) is 22.0 Å². The Morgan fingerprint density at radius 1 is 1.47 bits per heavy atom. The third-order valence-corrected chi connectivity index (χ3v) is 1.71. The number of hydrogen-bond acceptors (Lipinski definition) is 2. The third kappa shape index (κ3) is 4.66. The fourth-order valence-electron chi connectivity index (χ4n) is 1.02. The summed E-state index contributed by atoms with van der Waals surface area (Å²) in [6, 6.07) is 7.54. The van der Waals surface area contributed by atoms with Crippen LogP contribution in [0.3, 0.4) is 0 Å². The van der Waals surface area contributed by atoms with E-state index in [9.17, 15) is 9.59 Å². The molecule has 4 heteroatoms. The number of carbonyl (C=O) groups is 1. The number of benzene rings is 1. The molecule has 0 spiro atoms. The van der Waals surface area contributed by atoms with E-state index in [4.69, 9.17) is 0 Å². The molecule has 1 radical (unpaired) electrons. The molecule has 0 saturated heterocycles. The van der Waals surface area contributed by atoms with Gasteiger partial charge in [-0.15, -0.1) is 6.92 Å². The second-order valence-corrected chi connectivity index (χ2v) is 2.73. The fourth-order valence-corrected chi connectivity index (χ4v) is 1.02. The van der Waals surface area contributed by atoms with E-state index in [0.717, 1.165) is 11.1 Å². The molecule has 1 aromatic carbocycles. The minimum atomic E-state index is 0. The topological polar surface area (TPSA) is 34.1 Å². The maximum atomic E-state index is 10.5. The molecule has 0 atom stereocenters. The first-order valence-corrected chi connectivity index (χ1v) is 3.81. The van der Waals surface area contributed by atoms with Gasteiger partial charge in [-0.05, 0) is 0 Å². The molecule has 1 rings (SSSR count). The van der Waals surface area contributed by atoms with Crippen molar-refractivity contribution in [3.8, 4) is 0 Å². The van der Waals surface area contributed by atoms with Crippen molar-refractivity contribution in [2.45, 2.75) is 13.8 Å². The molecule has 15 heavy (non-hydrogen) atoms. The van der Waals surface area contributed by atoms with Gasteiger partial charge >= 0.3 is 0 Å². The van der Waals surface area contributed by atoms with Crippen molar-refractivity contribution in [3.63, 3.8) is 0 Å². The van der Waals surface area contributed by atoms with Gasteiger partial charge in [0, 0.05) is 53.8 Å². The molecule has 0 aliphatic carbocycles. The molecule has 0 amide bonds. The third-order valence-electron chi connectivity index (χ3n) is 1.71. The van der Waals surface area contributed by atoms with Gasteiger partial charge in [0.2, 0.25) is 0 Å². The van der Waals surface area contributed by atoms with Crippen molar-refractivity contribution in [2.24, 2.45) is 0 Å². The van der Waals surface area contributed by atoms with Crippen molar-refractivity contribution in [1.29, 1.82) is 0 Å². The average Bonchev–Trinajstić information content (AvgIpc) is 2.13. The van der Waals surface area contributed by atoms with Gasteiger partial charge in [-0.25, -0.2) is 10.4 Å². The number of allylic oxidation sites excluding steroid dienone is 1. The Hall–Kier alpha value is 0.132. The van der Waals surface area contributed by atoms with Gasteiger partial charge in [0.25, 0.3) is 0 Å². The number of hydrogen-bond donors (Lipinski definition) is 0. The minimum absolute atomic E-state index is 0. The zero-order chi connectivity index (χ0) is 9.84. The maximum Gasteiger partial charge on any atom is 0.157 e. The standard InChI is InChI=1S/C11H8O2.W.Y/c1-8-3-4-9(2)11(5-8)10(6-12)7-13;;/h4,6H,1-2H3;;/q-2;;. The summed E-state index contributed by atoms with van der Waals surface area (Å²) in [5, 5.41) is 0. The first-order chi connectivity index (χ1) is 6.19. The molecule has 0 fully saturated rings. The Kier molecular flexibility index (Phi) is 9.70. The maximum absolute atomic E-state index is 10.5. The van der Waals surface area contributed by atoms with E-state index >= 15 is 0 Å². The van der Waals surface area contributed by atoms with Crippen LogP contribution in [0.25, 0.3) is 5.57 Å². The molecule has 0 heterocycles. The van der Waals surface area contributed by atoms with Crippen molar-refractivity contribution < 1.29 is 63.4 Å². The predicted octanol–water partition coefficient (Wildman–Crippen LogP) is 1.31. The predicted molar refractivity (Wildman–Crippen MR) is 48.8 cm³/mol. The molecule has 0 aliphatic heterocycles. The second kappa shape index (κ2) is 8.30. The summed E-state index contributed by atoms with van der Waals surface area (Å²) in [6.07, 6.45) is 0.491. The van der Waals surface area contributed by atoms with E-state index in [1.54, 1.807) is 25.9 Å². The van der Waals surface area contributed by atoms with Crippen LogP contribution >= 0.6 is 0 Å². The van der Waals surface area contributed by atoms with Crippen LogP contribution < -0.4 is 0 Å². The summed E-state index contributed by atoms with van der Waals surface area (Å²) < 4.78 is 0. The van der Waals surface area contributed by atoms with E-state index in [-0.39, 0.29) is 59.3 Å². The van der Waals surface area contributed by atoms with Gasteiger partial charge in [-0.1, -0.05) is 6.92 Å². The molecule has 0 aliphatic rings. The van der Waals surface area contributed by atoms with Crippen molar-refractivity contribution in [1.82, 2.24) is 0 Å². The quantitative estimate of drug-likeness (QED) is 0.298. The zero-order valence-electron chi connectivity index (χ0n) is 8.46. The van der Waals surface area contributed by atoms with E-state index in [2.05, 4.69) is 12.1 Å². The van der Waals surface area contributed by atoms with Crippen LogP contribution in [0.1, 0.15) is 16.7 Å². The first-order valence-electron chi connectivity index (χ1n) is 3.81. The van der Waals surface area contributed by atoms with Crippen LogP contribution in [0.5, 0.6) is 0 Å². The van der Waals surface area contributed by atoms with E-state index in [1.807, 2.05) is 0 Å². The number of aldehydes is 1. The van der Waals surface area contributed by atoms with Crippen LogP contribution in [0.2, 0.25) is 0 Å². The average molecular weight is 445 g/mol.